The van der Waals surface area contributed by atoms with Gasteiger partial charge in [-0.3, -0.25) is 4.79 Å². The van der Waals surface area contributed by atoms with Gasteiger partial charge in [0, 0.05) is 11.4 Å². The van der Waals surface area contributed by atoms with E-state index >= 15 is 0 Å². The molecule has 2 aromatic heterocycles. The maximum absolute atomic E-state index is 11.7. The van der Waals surface area contributed by atoms with E-state index in [9.17, 15) is 4.79 Å². The zero-order chi connectivity index (χ0) is 11.5. The predicted octanol–water partition coefficient (Wildman–Crippen LogP) is 3.21. The van der Waals surface area contributed by atoms with Crippen molar-refractivity contribution in [3.8, 4) is 0 Å². The van der Waals surface area contributed by atoms with Crippen LogP contribution < -0.4 is 5.32 Å². The summed E-state index contributed by atoms with van der Waals surface area (Å²) in [6.45, 7) is 0. The van der Waals surface area contributed by atoms with E-state index in [1.807, 2.05) is 0 Å². The third kappa shape index (κ3) is 2.78. The lowest BCUT2D eigenvalue weighted by Crippen LogP contribution is -2.11. The quantitative estimate of drug-likeness (QED) is 0.865. The summed E-state index contributed by atoms with van der Waals surface area (Å²) >= 11 is 10.4. The van der Waals surface area contributed by atoms with Gasteiger partial charge in [0.05, 0.1) is 9.35 Å². The van der Waals surface area contributed by atoms with Crippen molar-refractivity contribution in [2.45, 2.75) is 0 Å². The minimum Gasteiger partial charge on any atom is -0.306 e. The molecule has 0 bridgehead atoms. The van der Waals surface area contributed by atoms with Crippen LogP contribution in [-0.2, 0) is 0 Å². The molecular formula is C9H5BrClN3OS. The summed E-state index contributed by atoms with van der Waals surface area (Å²) in [5, 5.41) is 4.66. The summed E-state index contributed by atoms with van der Waals surface area (Å²) in [6, 6.07) is 3.23. The first-order valence-corrected chi connectivity index (χ1v) is 6.23. The first-order chi connectivity index (χ1) is 7.65. The van der Waals surface area contributed by atoms with Gasteiger partial charge in [-0.05, 0) is 22.0 Å². The fourth-order valence-electron chi connectivity index (χ4n) is 1.02. The molecule has 0 aliphatic heterocycles. The fourth-order valence-corrected chi connectivity index (χ4v) is 2.30. The molecule has 82 valence electrons. The van der Waals surface area contributed by atoms with Crippen molar-refractivity contribution in [2.24, 2.45) is 0 Å². The lowest BCUT2D eigenvalue weighted by atomic mass is 10.3. The van der Waals surface area contributed by atoms with Gasteiger partial charge in [-0.15, -0.1) is 11.3 Å². The molecule has 0 spiro atoms. The predicted molar refractivity (Wildman–Crippen MR) is 67.0 cm³/mol. The molecule has 0 unspecified atom stereocenters. The summed E-state index contributed by atoms with van der Waals surface area (Å²) in [5.74, 6) is 0.157. The first-order valence-electron chi connectivity index (χ1n) is 4.18. The molecule has 0 saturated carbocycles. The highest BCUT2D eigenvalue weighted by Crippen LogP contribution is 2.21. The SMILES string of the molecule is O=C(Nc1cc(Cl)ncn1)c1csc(Br)c1. The lowest BCUT2D eigenvalue weighted by Gasteiger charge is -2.01. The molecule has 0 fully saturated rings. The van der Waals surface area contributed by atoms with Crippen molar-refractivity contribution < 1.29 is 4.79 Å². The standard InChI is InChI=1S/C9H5BrClN3OS/c10-6-1-5(3-16-6)9(15)14-8-2-7(11)12-4-13-8/h1-4H,(H,12,13,14,15). The van der Waals surface area contributed by atoms with Crippen molar-refractivity contribution in [1.29, 1.82) is 0 Å². The van der Waals surface area contributed by atoms with Crippen LogP contribution >= 0.6 is 38.9 Å². The van der Waals surface area contributed by atoms with Crippen molar-refractivity contribution in [2.75, 3.05) is 5.32 Å². The van der Waals surface area contributed by atoms with Crippen molar-refractivity contribution in [1.82, 2.24) is 9.97 Å². The van der Waals surface area contributed by atoms with E-state index < -0.39 is 0 Å². The Morgan fingerprint density at radius 2 is 2.25 bits per heavy atom. The maximum Gasteiger partial charge on any atom is 0.257 e. The van der Waals surface area contributed by atoms with Gasteiger partial charge in [0.1, 0.15) is 17.3 Å². The second kappa shape index (κ2) is 4.90. The number of aromatic nitrogens is 2. The molecule has 0 aliphatic rings. The van der Waals surface area contributed by atoms with Crippen molar-refractivity contribution >= 4 is 50.6 Å². The summed E-state index contributed by atoms with van der Waals surface area (Å²) in [5.41, 5.74) is 0.576. The van der Waals surface area contributed by atoms with E-state index in [1.54, 1.807) is 11.4 Å². The molecule has 0 aliphatic carbocycles. The van der Waals surface area contributed by atoms with E-state index in [2.05, 4.69) is 31.2 Å². The van der Waals surface area contributed by atoms with Crippen molar-refractivity contribution in [3.63, 3.8) is 0 Å². The van der Waals surface area contributed by atoms with Gasteiger partial charge >= 0.3 is 0 Å². The lowest BCUT2D eigenvalue weighted by molar-refractivity contribution is 0.102. The maximum atomic E-state index is 11.7. The van der Waals surface area contributed by atoms with Gasteiger partial charge in [-0.1, -0.05) is 11.6 Å². The molecule has 0 aromatic carbocycles. The second-order valence-corrected chi connectivity index (χ2v) is 5.50. The van der Waals surface area contributed by atoms with Crippen LogP contribution in [-0.4, -0.2) is 15.9 Å². The molecule has 1 N–H and O–H groups in total. The summed E-state index contributed by atoms with van der Waals surface area (Å²) in [6.07, 6.45) is 1.29. The monoisotopic (exact) mass is 317 g/mol. The van der Waals surface area contributed by atoms with E-state index in [0.717, 1.165) is 3.79 Å². The Morgan fingerprint density at radius 1 is 1.44 bits per heavy atom. The minimum absolute atomic E-state index is 0.225. The second-order valence-electron chi connectivity index (χ2n) is 2.82. The highest BCUT2D eigenvalue weighted by molar-refractivity contribution is 9.11. The smallest absolute Gasteiger partial charge is 0.257 e. The van der Waals surface area contributed by atoms with Crippen LogP contribution in [0.5, 0.6) is 0 Å². The number of rotatable bonds is 2. The Balaban J connectivity index is 2.13. The number of anilines is 1. The molecular weight excluding hydrogens is 314 g/mol. The number of thiophene rings is 1. The van der Waals surface area contributed by atoms with E-state index in [1.165, 1.54) is 23.7 Å². The topological polar surface area (TPSA) is 54.9 Å². The molecule has 0 saturated heterocycles. The number of hydrogen-bond donors (Lipinski definition) is 1. The average Bonchev–Trinajstić information content (AvgIpc) is 2.65. The largest absolute Gasteiger partial charge is 0.306 e. The van der Waals surface area contributed by atoms with Crippen LogP contribution in [0.2, 0.25) is 5.15 Å². The molecule has 4 nitrogen and oxygen atoms in total. The molecule has 2 aromatic rings. The molecule has 1 amide bonds. The van der Waals surface area contributed by atoms with Crippen LogP contribution in [0.1, 0.15) is 10.4 Å². The Morgan fingerprint density at radius 3 is 2.88 bits per heavy atom. The summed E-state index contributed by atoms with van der Waals surface area (Å²) < 4.78 is 0.901. The number of carbonyl (C=O) groups is 1. The highest BCUT2D eigenvalue weighted by atomic mass is 79.9. The summed E-state index contributed by atoms with van der Waals surface area (Å²) in [7, 11) is 0. The number of amides is 1. The normalized spacial score (nSPS) is 10.1. The third-order valence-corrected chi connectivity index (χ3v) is 3.42. The Labute approximate surface area is 109 Å². The number of halogens is 2. The fraction of sp³-hybridized carbons (Fsp3) is 0. The van der Waals surface area contributed by atoms with Gasteiger partial charge in [-0.25, -0.2) is 9.97 Å². The Hall–Kier alpha value is -0.980. The average molecular weight is 319 g/mol. The van der Waals surface area contributed by atoms with Gasteiger partial charge in [0.25, 0.3) is 5.91 Å². The summed E-state index contributed by atoms with van der Waals surface area (Å²) in [4.78, 5) is 19.3. The van der Waals surface area contributed by atoms with Crippen LogP contribution in [0, 0.1) is 0 Å². The molecule has 2 heterocycles. The van der Waals surface area contributed by atoms with Gasteiger partial charge in [0.2, 0.25) is 0 Å². The van der Waals surface area contributed by atoms with E-state index in [-0.39, 0.29) is 11.1 Å². The van der Waals surface area contributed by atoms with Crippen LogP contribution in [0.25, 0.3) is 0 Å². The first kappa shape index (κ1) is 11.5. The Bertz CT molecular complexity index is 531. The molecule has 2 rings (SSSR count). The third-order valence-electron chi connectivity index (χ3n) is 1.70. The zero-order valence-electron chi connectivity index (χ0n) is 7.78. The zero-order valence-corrected chi connectivity index (χ0v) is 10.9. The molecule has 7 heteroatoms. The van der Waals surface area contributed by atoms with E-state index in [4.69, 9.17) is 11.6 Å². The van der Waals surface area contributed by atoms with E-state index in [0.29, 0.717) is 11.4 Å². The van der Waals surface area contributed by atoms with Crippen LogP contribution in [0.3, 0.4) is 0 Å². The van der Waals surface area contributed by atoms with Crippen molar-refractivity contribution in [3.05, 3.63) is 38.3 Å². The molecule has 16 heavy (non-hydrogen) atoms. The number of carbonyl (C=O) groups excluding carboxylic acids is 1. The molecule has 0 radical (unpaired) electrons. The Kier molecular flexibility index (Phi) is 3.52. The molecule has 0 atom stereocenters. The van der Waals surface area contributed by atoms with Crippen LogP contribution in [0.15, 0.2) is 27.6 Å². The van der Waals surface area contributed by atoms with Gasteiger partial charge in [-0.2, -0.15) is 0 Å². The minimum atomic E-state index is -0.225. The number of hydrogen-bond acceptors (Lipinski definition) is 4. The number of nitrogens with zero attached hydrogens (tertiary/aromatic N) is 2. The van der Waals surface area contributed by atoms with Gasteiger partial charge in [0.15, 0.2) is 0 Å². The van der Waals surface area contributed by atoms with Crippen LogP contribution in [0.4, 0.5) is 5.82 Å². The van der Waals surface area contributed by atoms with Gasteiger partial charge < -0.3 is 5.32 Å². The number of nitrogens with one attached hydrogen (secondary N) is 1. The highest BCUT2D eigenvalue weighted by Gasteiger charge is 2.09.